The largest absolute Gasteiger partial charge is 0.396 e. The van der Waals surface area contributed by atoms with Crippen molar-refractivity contribution in [1.29, 1.82) is 5.26 Å². The number of hydrogen-bond acceptors (Lipinski definition) is 3. The number of aromatic nitrogens is 1. The highest BCUT2D eigenvalue weighted by molar-refractivity contribution is 5.68. The molecule has 0 aliphatic carbocycles. The van der Waals surface area contributed by atoms with Crippen molar-refractivity contribution in [3.05, 3.63) is 11.8 Å². The Kier molecular flexibility index (Phi) is 4.36. The van der Waals surface area contributed by atoms with Crippen molar-refractivity contribution in [3.8, 4) is 6.07 Å². The average molecular weight is 260 g/mol. The first-order valence-electron chi connectivity index (χ1n) is 7.31. The molecule has 1 aromatic rings. The molecule has 1 atom stereocenters. The number of nitrogens with two attached hydrogens (primary N) is 1. The van der Waals surface area contributed by atoms with Gasteiger partial charge in [-0.2, -0.15) is 5.26 Å². The first kappa shape index (κ1) is 13.8. The number of nitriles is 1. The summed E-state index contributed by atoms with van der Waals surface area (Å²) < 4.78 is 2.11. The van der Waals surface area contributed by atoms with Gasteiger partial charge in [0.1, 0.15) is 17.6 Å². The lowest BCUT2D eigenvalue weighted by Crippen LogP contribution is -2.36. The third-order valence-electron chi connectivity index (χ3n) is 3.90. The molecule has 1 saturated heterocycles. The van der Waals surface area contributed by atoms with Gasteiger partial charge in [-0.25, -0.2) is 0 Å². The van der Waals surface area contributed by atoms with E-state index in [4.69, 9.17) is 5.73 Å². The van der Waals surface area contributed by atoms with Gasteiger partial charge in [0, 0.05) is 19.6 Å². The summed E-state index contributed by atoms with van der Waals surface area (Å²) in [6, 6.07) is 4.10. The van der Waals surface area contributed by atoms with Crippen LogP contribution in [0.2, 0.25) is 0 Å². The fourth-order valence-corrected chi connectivity index (χ4v) is 2.93. The van der Waals surface area contributed by atoms with Gasteiger partial charge in [-0.15, -0.1) is 0 Å². The van der Waals surface area contributed by atoms with Crippen LogP contribution in [0.1, 0.15) is 45.2 Å². The lowest BCUT2D eigenvalue weighted by molar-refractivity contribution is 0.439. The van der Waals surface area contributed by atoms with Gasteiger partial charge in [-0.05, 0) is 31.2 Å². The molecule has 0 spiro atoms. The van der Waals surface area contributed by atoms with E-state index in [1.54, 1.807) is 0 Å². The standard InChI is InChI=1S/C15H24N4/c1-3-4-8-19-13(10-16)9-14(17)15(19)18-7-5-6-12(2)11-18/h9,12H,3-8,11,17H2,1-2H3. The molecule has 1 aliphatic rings. The minimum absolute atomic E-state index is 0.694. The molecule has 0 saturated carbocycles. The average Bonchev–Trinajstić information content (AvgIpc) is 2.72. The van der Waals surface area contributed by atoms with Crippen LogP contribution in [0.4, 0.5) is 11.5 Å². The van der Waals surface area contributed by atoms with E-state index in [1.165, 1.54) is 12.8 Å². The summed E-state index contributed by atoms with van der Waals surface area (Å²) in [4.78, 5) is 2.36. The summed E-state index contributed by atoms with van der Waals surface area (Å²) in [5.74, 6) is 1.77. The maximum Gasteiger partial charge on any atom is 0.133 e. The number of unbranched alkanes of at least 4 members (excludes halogenated alkanes) is 1. The summed E-state index contributed by atoms with van der Waals surface area (Å²) in [7, 11) is 0. The van der Waals surface area contributed by atoms with Crippen LogP contribution < -0.4 is 10.6 Å². The zero-order valence-electron chi connectivity index (χ0n) is 12.0. The van der Waals surface area contributed by atoms with Crippen LogP contribution in [-0.4, -0.2) is 17.7 Å². The lowest BCUT2D eigenvalue weighted by Gasteiger charge is -2.33. The minimum atomic E-state index is 0.694. The van der Waals surface area contributed by atoms with Gasteiger partial charge in [0.15, 0.2) is 0 Å². The normalized spacial score (nSPS) is 19.4. The Bertz CT molecular complexity index is 469. The Morgan fingerprint density at radius 2 is 2.32 bits per heavy atom. The molecule has 1 fully saturated rings. The predicted molar refractivity (Wildman–Crippen MR) is 79.1 cm³/mol. The third-order valence-corrected chi connectivity index (χ3v) is 3.90. The highest BCUT2D eigenvalue weighted by Crippen LogP contribution is 2.31. The fraction of sp³-hybridized carbons (Fsp3) is 0.667. The Morgan fingerprint density at radius 3 is 2.95 bits per heavy atom. The molecule has 0 bridgehead atoms. The monoisotopic (exact) mass is 260 g/mol. The van der Waals surface area contributed by atoms with Crippen LogP contribution in [0.5, 0.6) is 0 Å². The van der Waals surface area contributed by atoms with Crippen molar-refractivity contribution >= 4 is 11.5 Å². The van der Waals surface area contributed by atoms with Crippen LogP contribution >= 0.6 is 0 Å². The predicted octanol–water partition coefficient (Wildman–Crippen LogP) is 2.98. The highest BCUT2D eigenvalue weighted by atomic mass is 15.3. The second-order valence-electron chi connectivity index (χ2n) is 5.62. The summed E-state index contributed by atoms with van der Waals surface area (Å²) in [5, 5.41) is 9.26. The van der Waals surface area contributed by atoms with Gasteiger partial charge in [-0.1, -0.05) is 20.3 Å². The Labute approximate surface area is 115 Å². The number of nitrogen functional groups attached to an aromatic ring is 1. The van der Waals surface area contributed by atoms with Crippen molar-refractivity contribution in [1.82, 2.24) is 4.57 Å². The second-order valence-corrected chi connectivity index (χ2v) is 5.62. The van der Waals surface area contributed by atoms with Gasteiger partial charge < -0.3 is 15.2 Å². The van der Waals surface area contributed by atoms with E-state index in [-0.39, 0.29) is 0 Å². The molecule has 1 aromatic heterocycles. The summed E-state index contributed by atoms with van der Waals surface area (Å²) in [6.45, 7) is 7.44. The quantitative estimate of drug-likeness (QED) is 0.905. The molecule has 2 heterocycles. The molecule has 0 amide bonds. The number of piperidine rings is 1. The third kappa shape index (κ3) is 2.86. The highest BCUT2D eigenvalue weighted by Gasteiger charge is 2.23. The summed E-state index contributed by atoms with van der Waals surface area (Å²) >= 11 is 0. The van der Waals surface area contributed by atoms with Gasteiger partial charge in [0.2, 0.25) is 0 Å². The fourth-order valence-electron chi connectivity index (χ4n) is 2.93. The summed E-state index contributed by atoms with van der Waals surface area (Å²) in [6.07, 6.45) is 4.70. The number of nitrogens with zero attached hydrogens (tertiary/aromatic N) is 3. The van der Waals surface area contributed by atoms with Crippen molar-refractivity contribution in [2.75, 3.05) is 23.7 Å². The van der Waals surface area contributed by atoms with E-state index >= 15 is 0 Å². The van der Waals surface area contributed by atoms with Crippen LogP contribution in [0.15, 0.2) is 6.07 Å². The smallest absolute Gasteiger partial charge is 0.133 e. The maximum atomic E-state index is 9.26. The van der Waals surface area contributed by atoms with Crippen molar-refractivity contribution < 1.29 is 0 Å². The van der Waals surface area contributed by atoms with Crippen LogP contribution in [0.25, 0.3) is 0 Å². The first-order valence-corrected chi connectivity index (χ1v) is 7.31. The van der Waals surface area contributed by atoms with Crippen molar-refractivity contribution in [2.45, 2.75) is 46.1 Å². The molecular weight excluding hydrogens is 236 g/mol. The molecule has 4 nitrogen and oxygen atoms in total. The molecular formula is C15H24N4. The van der Waals surface area contributed by atoms with Crippen molar-refractivity contribution in [3.63, 3.8) is 0 Å². The molecule has 0 aromatic carbocycles. The Hall–Kier alpha value is -1.63. The number of anilines is 2. The van der Waals surface area contributed by atoms with E-state index < -0.39 is 0 Å². The van der Waals surface area contributed by atoms with Crippen LogP contribution in [0, 0.1) is 17.2 Å². The second kappa shape index (κ2) is 6.01. The van der Waals surface area contributed by atoms with E-state index in [0.29, 0.717) is 11.6 Å². The maximum absolute atomic E-state index is 9.26. The zero-order chi connectivity index (χ0) is 13.8. The van der Waals surface area contributed by atoms with Gasteiger partial charge in [-0.3, -0.25) is 0 Å². The molecule has 1 aliphatic heterocycles. The van der Waals surface area contributed by atoms with E-state index in [1.807, 2.05) is 6.07 Å². The molecule has 4 heteroatoms. The van der Waals surface area contributed by atoms with E-state index in [2.05, 4.69) is 29.4 Å². The SMILES string of the molecule is CCCCn1c(C#N)cc(N)c1N1CCCC(C)C1. The van der Waals surface area contributed by atoms with Crippen molar-refractivity contribution in [2.24, 2.45) is 5.92 Å². The minimum Gasteiger partial charge on any atom is -0.396 e. The molecule has 104 valence electrons. The van der Waals surface area contributed by atoms with Crippen LogP contribution in [0.3, 0.4) is 0 Å². The molecule has 1 unspecified atom stereocenters. The molecule has 2 rings (SSSR count). The molecule has 19 heavy (non-hydrogen) atoms. The van der Waals surface area contributed by atoms with Crippen LogP contribution in [-0.2, 0) is 6.54 Å². The van der Waals surface area contributed by atoms with E-state index in [9.17, 15) is 5.26 Å². The Morgan fingerprint density at radius 1 is 1.53 bits per heavy atom. The molecule has 2 N–H and O–H groups in total. The Balaban J connectivity index is 2.32. The van der Waals surface area contributed by atoms with E-state index in [0.717, 1.165) is 44.0 Å². The number of hydrogen-bond donors (Lipinski definition) is 1. The number of rotatable bonds is 4. The zero-order valence-corrected chi connectivity index (χ0v) is 12.0. The van der Waals surface area contributed by atoms with Gasteiger partial charge in [0.25, 0.3) is 0 Å². The first-order chi connectivity index (χ1) is 9.17. The topological polar surface area (TPSA) is 58.0 Å². The van der Waals surface area contributed by atoms with Gasteiger partial charge >= 0.3 is 0 Å². The lowest BCUT2D eigenvalue weighted by atomic mass is 10.0. The van der Waals surface area contributed by atoms with Gasteiger partial charge in [0.05, 0.1) is 5.69 Å². The molecule has 0 radical (unpaired) electrons. The summed E-state index contributed by atoms with van der Waals surface area (Å²) in [5.41, 5.74) is 7.60.